The van der Waals surface area contributed by atoms with Gasteiger partial charge in [0.2, 0.25) is 0 Å². The Morgan fingerprint density at radius 1 is 1.09 bits per heavy atom. The molecule has 0 radical (unpaired) electrons. The zero-order chi connectivity index (χ0) is 16.5. The molecule has 1 amide bonds. The summed E-state index contributed by atoms with van der Waals surface area (Å²) in [6.07, 6.45) is -0.547. The van der Waals surface area contributed by atoms with E-state index < -0.39 is 11.0 Å². The van der Waals surface area contributed by atoms with Crippen LogP contribution in [0.2, 0.25) is 0 Å². The molecule has 2 aromatic carbocycles. The van der Waals surface area contributed by atoms with Crippen LogP contribution >= 0.6 is 21.8 Å². The number of carbonyl (C=O) groups is 1. The highest BCUT2D eigenvalue weighted by atomic mass is 33.1. The number of nitro benzene ring substituents is 1. The van der Waals surface area contributed by atoms with Gasteiger partial charge in [-0.05, 0) is 23.3 Å². The van der Waals surface area contributed by atoms with Crippen LogP contribution in [0.15, 0.2) is 54.6 Å². The van der Waals surface area contributed by atoms with Gasteiger partial charge in [0.15, 0.2) is 0 Å². The van der Waals surface area contributed by atoms with Crippen LogP contribution in [-0.2, 0) is 17.1 Å². The largest absolute Gasteiger partial charge is 0.444 e. The number of benzene rings is 2. The maximum Gasteiger partial charge on any atom is 0.418 e. The van der Waals surface area contributed by atoms with Gasteiger partial charge in [0, 0.05) is 28.9 Å². The lowest BCUT2D eigenvalue weighted by Crippen LogP contribution is -2.16. The van der Waals surface area contributed by atoms with Crippen LogP contribution < -0.4 is 4.72 Å². The molecule has 2 rings (SSSR count). The molecule has 0 spiro atoms. The van der Waals surface area contributed by atoms with E-state index in [2.05, 4.69) is 4.72 Å². The third-order valence-corrected chi connectivity index (χ3v) is 4.55. The monoisotopic (exact) mass is 350 g/mol. The standard InChI is InChI=1S/C15H14N2O4S2/c18-15(16-23-22-11-13-4-2-1-3-5-13)21-10-12-6-8-14(9-7-12)17(19)20/h1-9H,10-11H2,(H,16,18). The van der Waals surface area contributed by atoms with Crippen molar-refractivity contribution >= 4 is 33.6 Å². The van der Waals surface area contributed by atoms with Crippen molar-refractivity contribution < 1.29 is 14.5 Å². The molecule has 0 aliphatic carbocycles. The molecule has 0 bridgehead atoms. The molecular weight excluding hydrogens is 336 g/mol. The molecule has 23 heavy (non-hydrogen) atoms. The van der Waals surface area contributed by atoms with E-state index in [1.54, 1.807) is 12.1 Å². The fraction of sp³-hybridized carbons (Fsp3) is 0.133. The first-order valence-electron chi connectivity index (χ1n) is 6.63. The van der Waals surface area contributed by atoms with Gasteiger partial charge < -0.3 is 4.74 Å². The Kier molecular flexibility index (Phi) is 6.76. The highest BCUT2D eigenvalue weighted by molar-refractivity contribution is 8.75. The molecule has 0 aromatic heterocycles. The van der Waals surface area contributed by atoms with Crippen LogP contribution in [0.3, 0.4) is 0 Å². The summed E-state index contributed by atoms with van der Waals surface area (Å²) in [5.41, 5.74) is 1.87. The smallest absolute Gasteiger partial charge is 0.418 e. The molecule has 6 nitrogen and oxygen atoms in total. The molecule has 120 valence electrons. The Hall–Kier alpha value is -2.19. The van der Waals surface area contributed by atoms with Gasteiger partial charge in [0.1, 0.15) is 6.61 Å². The summed E-state index contributed by atoms with van der Waals surface area (Å²) in [6.45, 7) is 0.0632. The Labute approximate surface area is 141 Å². The summed E-state index contributed by atoms with van der Waals surface area (Å²) in [5, 5.41) is 10.5. The minimum absolute atomic E-state index is 0.00562. The molecule has 0 aliphatic heterocycles. The summed E-state index contributed by atoms with van der Waals surface area (Å²) in [6, 6.07) is 15.8. The molecule has 0 unspecified atom stereocenters. The lowest BCUT2D eigenvalue weighted by molar-refractivity contribution is -0.384. The van der Waals surface area contributed by atoms with Crippen molar-refractivity contribution in [3.63, 3.8) is 0 Å². The lowest BCUT2D eigenvalue weighted by atomic mass is 10.2. The van der Waals surface area contributed by atoms with Gasteiger partial charge in [0.25, 0.3) is 5.69 Å². The Balaban J connectivity index is 1.64. The van der Waals surface area contributed by atoms with E-state index in [-0.39, 0.29) is 12.3 Å². The molecular formula is C15H14N2O4S2. The second-order valence-corrected chi connectivity index (χ2v) is 6.54. The Morgan fingerprint density at radius 3 is 2.43 bits per heavy atom. The van der Waals surface area contributed by atoms with Gasteiger partial charge in [-0.1, -0.05) is 41.1 Å². The minimum atomic E-state index is -0.547. The SMILES string of the molecule is O=C(NSSCc1ccccc1)OCc1ccc([N+](=O)[O-])cc1. The normalized spacial score (nSPS) is 10.1. The third kappa shape index (κ3) is 6.21. The number of nitrogens with zero attached hydrogens (tertiary/aromatic N) is 1. The average Bonchev–Trinajstić information content (AvgIpc) is 2.58. The van der Waals surface area contributed by atoms with E-state index in [0.29, 0.717) is 5.56 Å². The van der Waals surface area contributed by atoms with Crippen molar-refractivity contribution in [1.82, 2.24) is 4.72 Å². The number of hydrogen-bond donors (Lipinski definition) is 1. The van der Waals surface area contributed by atoms with E-state index in [9.17, 15) is 14.9 Å². The molecule has 0 heterocycles. The summed E-state index contributed by atoms with van der Waals surface area (Å²) < 4.78 is 7.59. The van der Waals surface area contributed by atoms with Crippen molar-refractivity contribution in [1.29, 1.82) is 0 Å². The molecule has 0 aliphatic rings. The molecule has 0 fully saturated rings. The molecule has 0 saturated heterocycles. The Morgan fingerprint density at radius 2 is 1.78 bits per heavy atom. The van der Waals surface area contributed by atoms with E-state index in [0.717, 1.165) is 5.75 Å². The number of non-ortho nitro benzene ring substituents is 1. The number of carbonyl (C=O) groups excluding carboxylic acids is 1. The quantitative estimate of drug-likeness (QED) is 0.263. The summed E-state index contributed by atoms with van der Waals surface area (Å²) in [5.74, 6) is 0.772. The predicted octanol–water partition coefficient (Wildman–Crippen LogP) is 4.32. The molecule has 8 heteroatoms. The van der Waals surface area contributed by atoms with Gasteiger partial charge >= 0.3 is 6.09 Å². The number of nitrogens with one attached hydrogen (secondary N) is 1. The maximum absolute atomic E-state index is 11.5. The van der Waals surface area contributed by atoms with Crippen LogP contribution in [0.1, 0.15) is 11.1 Å². The Bertz CT molecular complexity index is 650. The zero-order valence-corrected chi connectivity index (χ0v) is 13.6. The predicted molar refractivity (Wildman–Crippen MR) is 91.7 cm³/mol. The highest BCUT2D eigenvalue weighted by Gasteiger charge is 2.06. The number of rotatable bonds is 7. The van der Waals surface area contributed by atoms with Crippen molar-refractivity contribution in [2.24, 2.45) is 0 Å². The molecule has 0 atom stereocenters. The van der Waals surface area contributed by atoms with E-state index in [1.807, 2.05) is 30.3 Å². The van der Waals surface area contributed by atoms with Crippen LogP contribution in [0.25, 0.3) is 0 Å². The lowest BCUT2D eigenvalue weighted by Gasteiger charge is -2.06. The summed E-state index contributed by atoms with van der Waals surface area (Å²) in [7, 11) is 2.69. The number of hydrogen-bond acceptors (Lipinski definition) is 6. The zero-order valence-electron chi connectivity index (χ0n) is 12.0. The van der Waals surface area contributed by atoms with Gasteiger partial charge in [-0.3, -0.25) is 14.8 Å². The number of ether oxygens (including phenoxy) is 1. The van der Waals surface area contributed by atoms with Crippen LogP contribution in [0, 0.1) is 10.1 Å². The first-order valence-corrected chi connectivity index (χ1v) is 8.95. The number of amides is 1. The molecule has 1 N–H and O–H groups in total. The molecule has 2 aromatic rings. The van der Waals surface area contributed by atoms with Crippen molar-refractivity contribution in [2.45, 2.75) is 12.4 Å². The van der Waals surface area contributed by atoms with Crippen molar-refractivity contribution in [3.8, 4) is 0 Å². The van der Waals surface area contributed by atoms with Crippen LogP contribution in [-0.4, -0.2) is 11.0 Å². The van der Waals surface area contributed by atoms with Crippen molar-refractivity contribution in [3.05, 3.63) is 75.8 Å². The topological polar surface area (TPSA) is 81.5 Å². The fourth-order valence-electron chi connectivity index (χ4n) is 1.63. The maximum atomic E-state index is 11.5. The highest BCUT2D eigenvalue weighted by Crippen LogP contribution is 2.22. The summed E-state index contributed by atoms with van der Waals surface area (Å²) >= 11 is 0. The van der Waals surface area contributed by atoms with Gasteiger partial charge in [-0.15, -0.1) is 0 Å². The van der Waals surface area contributed by atoms with Gasteiger partial charge in [0.05, 0.1) is 4.92 Å². The minimum Gasteiger partial charge on any atom is -0.444 e. The first-order chi connectivity index (χ1) is 11.1. The summed E-state index contributed by atoms with van der Waals surface area (Å²) in [4.78, 5) is 21.6. The second kappa shape index (κ2) is 9.06. The van der Waals surface area contributed by atoms with Crippen LogP contribution in [0.4, 0.5) is 10.5 Å². The van der Waals surface area contributed by atoms with E-state index in [1.165, 1.54) is 39.5 Å². The van der Waals surface area contributed by atoms with Gasteiger partial charge in [-0.2, -0.15) is 0 Å². The molecule has 0 saturated carbocycles. The first kappa shape index (κ1) is 17.2. The van der Waals surface area contributed by atoms with Crippen LogP contribution in [0.5, 0.6) is 0 Å². The average molecular weight is 350 g/mol. The van der Waals surface area contributed by atoms with E-state index >= 15 is 0 Å². The second-order valence-electron chi connectivity index (χ2n) is 4.43. The third-order valence-electron chi connectivity index (χ3n) is 2.77. The fourth-order valence-corrected chi connectivity index (χ4v) is 3.17. The van der Waals surface area contributed by atoms with E-state index in [4.69, 9.17) is 4.74 Å². The van der Waals surface area contributed by atoms with Crippen molar-refractivity contribution in [2.75, 3.05) is 0 Å². The van der Waals surface area contributed by atoms with Gasteiger partial charge in [-0.25, -0.2) is 4.79 Å². The number of nitro groups is 1.